The van der Waals surface area contributed by atoms with Gasteiger partial charge in [0.15, 0.2) is 0 Å². The number of sulfonamides is 1. The summed E-state index contributed by atoms with van der Waals surface area (Å²) in [6.07, 6.45) is 0. The number of benzene rings is 2. The Kier molecular flexibility index (Phi) is 6.28. The molecule has 2 heterocycles. The van der Waals surface area contributed by atoms with E-state index >= 15 is 0 Å². The lowest BCUT2D eigenvalue weighted by Gasteiger charge is -2.24. The standard InChI is InChI=1S/C24H25N3O3S2/c1-16-13-17(2)19(4)23(18(16)3)32(28,29)27(14-20-9-6-5-7-10-20)15-22-25-26-24(30-22)21-11-8-12-31-21/h5-13H,14-15H2,1-4H3. The lowest BCUT2D eigenvalue weighted by molar-refractivity contribution is 0.352. The molecule has 0 N–H and O–H groups in total. The fourth-order valence-electron chi connectivity index (χ4n) is 3.68. The molecule has 0 atom stereocenters. The van der Waals surface area contributed by atoms with Gasteiger partial charge >= 0.3 is 0 Å². The van der Waals surface area contributed by atoms with Crippen LogP contribution < -0.4 is 0 Å². The van der Waals surface area contributed by atoms with Crippen LogP contribution in [0, 0.1) is 27.7 Å². The normalized spacial score (nSPS) is 11.9. The van der Waals surface area contributed by atoms with Gasteiger partial charge in [-0.3, -0.25) is 0 Å². The molecule has 0 amide bonds. The maximum Gasteiger partial charge on any atom is 0.257 e. The van der Waals surface area contributed by atoms with Crippen LogP contribution in [0.25, 0.3) is 10.8 Å². The molecule has 8 heteroatoms. The van der Waals surface area contributed by atoms with Crippen molar-refractivity contribution >= 4 is 21.4 Å². The fraction of sp³-hybridized carbons (Fsp3) is 0.250. The molecule has 32 heavy (non-hydrogen) atoms. The molecule has 0 spiro atoms. The molecule has 0 aliphatic rings. The third kappa shape index (κ3) is 4.39. The van der Waals surface area contributed by atoms with Crippen LogP contribution in [-0.2, 0) is 23.1 Å². The number of aromatic nitrogens is 2. The topological polar surface area (TPSA) is 76.3 Å². The number of nitrogens with zero attached hydrogens (tertiary/aromatic N) is 3. The van der Waals surface area contributed by atoms with Gasteiger partial charge in [-0.15, -0.1) is 21.5 Å². The average molecular weight is 468 g/mol. The van der Waals surface area contributed by atoms with Gasteiger partial charge in [-0.25, -0.2) is 8.42 Å². The Labute approximate surface area is 192 Å². The molecule has 2 aromatic carbocycles. The lowest BCUT2D eigenvalue weighted by atomic mass is 10.0. The van der Waals surface area contributed by atoms with Crippen LogP contribution in [0.4, 0.5) is 0 Å². The average Bonchev–Trinajstić information content (AvgIpc) is 3.45. The van der Waals surface area contributed by atoms with E-state index in [4.69, 9.17) is 4.42 Å². The van der Waals surface area contributed by atoms with Crippen LogP contribution in [0.5, 0.6) is 0 Å². The summed E-state index contributed by atoms with van der Waals surface area (Å²) in [4.78, 5) is 1.20. The van der Waals surface area contributed by atoms with Gasteiger partial charge in [0.25, 0.3) is 5.89 Å². The molecule has 0 aliphatic heterocycles. The van der Waals surface area contributed by atoms with Crippen molar-refractivity contribution in [1.82, 2.24) is 14.5 Å². The Morgan fingerprint density at radius 2 is 1.59 bits per heavy atom. The molecule has 2 aromatic heterocycles. The van der Waals surface area contributed by atoms with Gasteiger partial charge in [-0.1, -0.05) is 42.5 Å². The van der Waals surface area contributed by atoms with Crippen LogP contribution in [-0.4, -0.2) is 22.9 Å². The van der Waals surface area contributed by atoms with Gasteiger partial charge in [0, 0.05) is 6.54 Å². The van der Waals surface area contributed by atoms with Crippen molar-refractivity contribution < 1.29 is 12.8 Å². The monoisotopic (exact) mass is 467 g/mol. The van der Waals surface area contributed by atoms with Crippen LogP contribution in [0.2, 0.25) is 0 Å². The Morgan fingerprint density at radius 3 is 2.22 bits per heavy atom. The van der Waals surface area contributed by atoms with Crippen LogP contribution in [0.3, 0.4) is 0 Å². The minimum Gasteiger partial charge on any atom is -0.418 e. The van der Waals surface area contributed by atoms with Gasteiger partial charge in [0.05, 0.1) is 16.3 Å². The van der Waals surface area contributed by atoms with Crippen molar-refractivity contribution in [2.75, 3.05) is 0 Å². The highest BCUT2D eigenvalue weighted by Gasteiger charge is 2.31. The zero-order valence-electron chi connectivity index (χ0n) is 18.5. The third-order valence-electron chi connectivity index (χ3n) is 5.61. The van der Waals surface area contributed by atoms with E-state index in [-0.39, 0.29) is 19.0 Å². The minimum atomic E-state index is -3.84. The second-order valence-electron chi connectivity index (χ2n) is 7.83. The summed E-state index contributed by atoms with van der Waals surface area (Å²) >= 11 is 1.49. The second-order valence-corrected chi connectivity index (χ2v) is 10.6. The molecule has 0 saturated heterocycles. The molecule has 0 saturated carbocycles. The third-order valence-corrected chi connectivity index (χ3v) is 8.53. The van der Waals surface area contributed by atoms with E-state index in [9.17, 15) is 8.42 Å². The SMILES string of the molecule is Cc1cc(C)c(C)c(S(=O)(=O)N(Cc2ccccc2)Cc2nnc(-c3cccs3)o2)c1C. The summed E-state index contributed by atoms with van der Waals surface area (Å²) in [6.45, 7) is 7.78. The van der Waals surface area contributed by atoms with Gasteiger partial charge in [0.2, 0.25) is 15.9 Å². The highest BCUT2D eigenvalue weighted by molar-refractivity contribution is 7.89. The molecule has 4 rings (SSSR count). The first-order valence-corrected chi connectivity index (χ1v) is 12.6. The summed E-state index contributed by atoms with van der Waals surface area (Å²) in [6, 6.07) is 15.3. The predicted octanol–water partition coefficient (Wildman–Crippen LogP) is 5.42. The first kappa shape index (κ1) is 22.4. The van der Waals surface area contributed by atoms with Crippen molar-refractivity contribution in [2.45, 2.75) is 45.7 Å². The van der Waals surface area contributed by atoms with E-state index in [1.165, 1.54) is 15.6 Å². The van der Waals surface area contributed by atoms with E-state index in [0.29, 0.717) is 10.8 Å². The Balaban J connectivity index is 1.76. The second kappa shape index (κ2) is 8.97. The summed E-state index contributed by atoms with van der Waals surface area (Å²) in [5.74, 6) is 0.651. The Morgan fingerprint density at radius 1 is 0.906 bits per heavy atom. The highest BCUT2D eigenvalue weighted by atomic mass is 32.2. The van der Waals surface area contributed by atoms with Crippen LogP contribution in [0.15, 0.2) is 63.2 Å². The summed E-state index contributed by atoms with van der Waals surface area (Å²) in [5.41, 5.74) is 4.30. The highest BCUT2D eigenvalue weighted by Crippen LogP contribution is 2.31. The zero-order chi connectivity index (χ0) is 22.9. The first-order valence-electron chi connectivity index (χ1n) is 10.2. The molecule has 4 aromatic rings. The van der Waals surface area contributed by atoms with Crippen molar-refractivity contribution in [1.29, 1.82) is 0 Å². The van der Waals surface area contributed by atoms with Crippen LogP contribution in [0.1, 0.15) is 33.7 Å². The van der Waals surface area contributed by atoms with Crippen molar-refractivity contribution in [2.24, 2.45) is 0 Å². The largest absolute Gasteiger partial charge is 0.418 e. The summed E-state index contributed by atoms with van der Waals surface area (Å²) in [5, 5.41) is 10.2. The molecular formula is C24H25N3O3S2. The van der Waals surface area contributed by atoms with Gasteiger partial charge in [-0.05, 0) is 67.0 Å². The maximum atomic E-state index is 14.0. The molecule has 6 nitrogen and oxygen atoms in total. The van der Waals surface area contributed by atoms with Crippen molar-refractivity contribution in [3.05, 3.63) is 87.6 Å². The quantitative estimate of drug-likeness (QED) is 0.363. The van der Waals surface area contributed by atoms with Crippen molar-refractivity contribution in [3.63, 3.8) is 0 Å². The summed E-state index contributed by atoms with van der Waals surface area (Å²) < 4.78 is 35.2. The number of hydrogen-bond donors (Lipinski definition) is 0. The van der Waals surface area contributed by atoms with Gasteiger partial charge in [-0.2, -0.15) is 4.31 Å². The Bertz CT molecular complexity index is 1300. The number of rotatable bonds is 7. The smallest absolute Gasteiger partial charge is 0.257 e. The minimum absolute atomic E-state index is 0.0124. The maximum absolute atomic E-state index is 14.0. The summed E-state index contributed by atoms with van der Waals surface area (Å²) in [7, 11) is -3.84. The van der Waals surface area contributed by atoms with E-state index in [1.807, 2.05) is 81.6 Å². The van der Waals surface area contributed by atoms with E-state index in [1.54, 1.807) is 0 Å². The number of thiophene rings is 1. The molecule has 0 bridgehead atoms. The van der Waals surface area contributed by atoms with Crippen LogP contribution >= 0.6 is 11.3 Å². The van der Waals surface area contributed by atoms with Crippen molar-refractivity contribution in [3.8, 4) is 10.8 Å². The molecule has 0 unspecified atom stereocenters. The Hall–Kier alpha value is -2.81. The van der Waals surface area contributed by atoms with Gasteiger partial charge in [0.1, 0.15) is 0 Å². The first-order chi connectivity index (χ1) is 15.3. The zero-order valence-corrected chi connectivity index (χ0v) is 20.1. The van der Waals surface area contributed by atoms with E-state index < -0.39 is 10.0 Å². The molecular weight excluding hydrogens is 442 g/mol. The number of aryl methyl sites for hydroxylation is 2. The van der Waals surface area contributed by atoms with Gasteiger partial charge < -0.3 is 4.42 Å². The van der Waals surface area contributed by atoms with E-state index in [2.05, 4.69) is 10.2 Å². The molecule has 0 radical (unpaired) electrons. The molecule has 166 valence electrons. The fourth-order valence-corrected chi connectivity index (χ4v) is 6.28. The lowest BCUT2D eigenvalue weighted by Crippen LogP contribution is -2.31. The molecule has 0 fully saturated rings. The van der Waals surface area contributed by atoms with E-state index in [0.717, 1.165) is 32.7 Å². The number of hydrogen-bond acceptors (Lipinski definition) is 6. The molecule has 0 aliphatic carbocycles. The predicted molar refractivity (Wildman–Crippen MR) is 126 cm³/mol.